The Morgan fingerprint density at radius 2 is 1.76 bits per heavy atom. The first-order valence-electron chi connectivity index (χ1n) is 8.59. The van der Waals surface area contributed by atoms with E-state index in [0.717, 1.165) is 22.9 Å². The third kappa shape index (κ3) is 4.97. The average molecular weight is 449 g/mol. The zero-order valence-corrected chi connectivity index (χ0v) is 17.8. The summed E-state index contributed by atoms with van der Waals surface area (Å²) in [5.41, 5.74) is 8.99. The molecule has 0 unspecified atom stereocenters. The van der Waals surface area contributed by atoms with Crippen molar-refractivity contribution in [3.8, 4) is 11.1 Å². The van der Waals surface area contributed by atoms with E-state index in [9.17, 15) is 13.2 Å². The van der Waals surface area contributed by atoms with Gasteiger partial charge < -0.3 is 11.1 Å². The van der Waals surface area contributed by atoms with Gasteiger partial charge in [0.05, 0.1) is 15.5 Å². The van der Waals surface area contributed by atoms with Crippen molar-refractivity contribution >= 4 is 44.6 Å². The Bertz CT molecular complexity index is 1190. The van der Waals surface area contributed by atoms with Crippen LogP contribution in [-0.2, 0) is 16.4 Å². The maximum Gasteiger partial charge on any atom is 0.257 e. The highest BCUT2D eigenvalue weighted by molar-refractivity contribution is 7.90. The molecule has 0 spiro atoms. The molecule has 0 radical (unpaired) electrons. The van der Waals surface area contributed by atoms with Gasteiger partial charge in [-0.05, 0) is 53.6 Å². The van der Waals surface area contributed by atoms with Crippen molar-refractivity contribution in [1.82, 2.24) is 0 Å². The number of halogens is 2. The second-order valence-electron chi connectivity index (χ2n) is 6.47. The van der Waals surface area contributed by atoms with E-state index < -0.39 is 15.7 Å². The molecule has 3 N–H and O–H groups in total. The summed E-state index contributed by atoms with van der Waals surface area (Å²) in [7, 11) is -3.41. The van der Waals surface area contributed by atoms with Gasteiger partial charge in [0.2, 0.25) is 0 Å². The summed E-state index contributed by atoms with van der Waals surface area (Å²) in [5, 5.41) is 3.35. The Balaban J connectivity index is 1.90. The maximum atomic E-state index is 12.6. The number of anilines is 1. The van der Waals surface area contributed by atoms with E-state index in [1.54, 1.807) is 18.2 Å². The molecule has 8 heteroatoms. The van der Waals surface area contributed by atoms with E-state index in [0.29, 0.717) is 17.3 Å². The quantitative estimate of drug-likeness (QED) is 0.587. The minimum Gasteiger partial charge on any atom is -0.326 e. The van der Waals surface area contributed by atoms with Crippen LogP contribution in [0.1, 0.15) is 15.9 Å². The number of nitrogens with two attached hydrogens (primary N) is 1. The molecule has 0 bridgehead atoms. The molecule has 0 atom stereocenters. The van der Waals surface area contributed by atoms with Crippen LogP contribution >= 0.6 is 23.2 Å². The van der Waals surface area contributed by atoms with Gasteiger partial charge in [-0.2, -0.15) is 0 Å². The van der Waals surface area contributed by atoms with E-state index in [2.05, 4.69) is 5.32 Å². The second kappa shape index (κ2) is 8.55. The molecule has 150 valence electrons. The molecule has 1 amide bonds. The molecule has 3 aromatic rings. The third-order valence-corrected chi connectivity index (χ3v) is 6.06. The molecule has 0 fully saturated rings. The van der Waals surface area contributed by atoms with Gasteiger partial charge >= 0.3 is 0 Å². The largest absolute Gasteiger partial charge is 0.326 e. The normalized spacial score (nSPS) is 11.3. The van der Waals surface area contributed by atoms with E-state index in [1.165, 1.54) is 18.2 Å². The lowest BCUT2D eigenvalue weighted by atomic mass is 10.0. The Morgan fingerprint density at radius 3 is 2.41 bits per heavy atom. The van der Waals surface area contributed by atoms with Gasteiger partial charge in [0.1, 0.15) is 0 Å². The van der Waals surface area contributed by atoms with Gasteiger partial charge in [-0.1, -0.05) is 41.4 Å². The molecular formula is C21H18Cl2N2O3S. The number of nitrogens with one attached hydrogen (secondary N) is 1. The third-order valence-electron chi connectivity index (χ3n) is 4.31. The van der Waals surface area contributed by atoms with Crippen LogP contribution in [-0.4, -0.2) is 20.6 Å². The first-order valence-corrected chi connectivity index (χ1v) is 11.2. The number of rotatable bonds is 5. The van der Waals surface area contributed by atoms with E-state index in [4.69, 9.17) is 28.9 Å². The molecule has 0 heterocycles. The monoisotopic (exact) mass is 448 g/mol. The summed E-state index contributed by atoms with van der Waals surface area (Å²) >= 11 is 12.5. The predicted octanol–water partition coefficient (Wildman–Crippen LogP) is 4.77. The van der Waals surface area contributed by atoms with Crippen LogP contribution in [0.15, 0.2) is 65.6 Å². The number of benzene rings is 3. The number of carbonyl (C=O) groups excluding carboxylic acids is 1. The van der Waals surface area contributed by atoms with Crippen molar-refractivity contribution in [3.63, 3.8) is 0 Å². The van der Waals surface area contributed by atoms with Crippen LogP contribution < -0.4 is 11.1 Å². The highest BCUT2D eigenvalue weighted by Crippen LogP contribution is 2.31. The molecule has 0 aliphatic rings. The molecule has 0 aromatic heterocycles. The summed E-state index contributed by atoms with van der Waals surface area (Å²) in [6.07, 6.45) is 1.08. The summed E-state index contributed by atoms with van der Waals surface area (Å²) in [5.74, 6) is -0.459. The van der Waals surface area contributed by atoms with Crippen LogP contribution in [0.2, 0.25) is 10.0 Å². The fourth-order valence-corrected chi connectivity index (χ4v) is 4.00. The lowest BCUT2D eigenvalue weighted by Gasteiger charge is -2.11. The van der Waals surface area contributed by atoms with Crippen LogP contribution in [0.3, 0.4) is 0 Å². The van der Waals surface area contributed by atoms with Gasteiger partial charge in [0, 0.05) is 29.1 Å². The standard InChI is InChI=1S/C21H18Cl2N2O3S/c1-29(27,28)16-6-7-17(20(23)11-16)21(26)25-15-5-8-19(22)18(10-15)14-4-2-3-13(9-14)12-24/h2-11H,12,24H2,1H3,(H,25,26). The minimum absolute atomic E-state index is 0.0487. The van der Waals surface area contributed by atoms with Crippen LogP contribution in [0.25, 0.3) is 11.1 Å². The van der Waals surface area contributed by atoms with Crippen LogP contribution in [0.4, 0.5) is 5.69 Å². The molecule has 0 aliphatic carbocycles. The zero-order chi connectivity index (χ0) is 21.2. The van der Waals surface area contributed by atoms with Gasteiger partial charge in [-0.3, -0.25) is 4.79 Å². The second-order valence-corrected chi connectivity index (χ2v) is 9.30. The SMILES string of the molecule is CS(=O)(=O)c1ccc(C(=O)Nc2ccc(Cl)c(-c3cccc(CN)c3)c2)c(Cl)c1. The highest BCUT2D eigenvalue weighted by atomic mass is 35.5. The molecule has 0 saturated carbocycles. The fraction of sp³-hybridized carbons (Fsp3) is 0.0952. The summed E-state index contributed by atoms with van der Waals surface area (Å²) in [4.78, 5) is 12.7. The maximum absolute atomic E-state index is 12.6. The number of hydrogen-bond donors (Lipinski definition) is 2. The number of hydrogen-bond acceptors (Lipinski definition) is 4. The number of amides is 1. The average Bonchev–Trinajstić information content (AvgIpc) is 2.68. The lowest BCUT2D eigenvalue weighted by Crippen LogP contribution is -2.13. The molecule has 3 rings (SSSR count). The highest BCUT2D eigenvalue weighted by Gasteiger charge is 2.15. The first-order chi connectivity index (χ1) is 13.7. The smallest absolute Gasteiger partial charge is 0.257 e. The Hall–Kier alpha value is -2.38. The van der Waals surface area contributed by atoms with Crippen molar-refractivity contribution in [2.45, 2.75) is 11.4 Å². The zero-order valence-electron chi connectivity index (χ0n) is 15.4. The molecule has 5 nitrogen and oxygen atoms in total. The van der Waals surface area contributed by atoms with Gasteiger partial charge in [0.15, 0.2) is 9.84 Å². The Morgan fingerprint density at radius 1 is 1.00 bits per heavy atom. The van der Waals surface area contributed by atoms with Crippen molar-refractivity contribution in [3.05, 3.63) is 81.8 Å². The molecular weight excluding hydrogens is 431 g/mol. The molecule has 29 heavy (non-hydrogen) atoms. The van der Waals surface area contributed by atoms with Crippen LogP contribution in [0.5, 0.6) is 0 Å². The van der Waals surface area contributed by atoms with Crippen LogP contribution in [0, 0.1) is 0 Å². The summed E-state index contributed by atoms with van der Waals surface area (Å²) in [6, 6.07) is 16.8. The predicted molar refractivity (Wildman–Crippen MR) is 117 cm³/mol. The Kier molecular flexibility index (Phi) is 6.29. The van der Waals surface area contributed by atoms with Crippen molar-refractivity contribution in [2.24, 2.45) is 5.73 Å². The molecule has 0 aliphatic heterocycles. The topological polar surface area (TPSA) is 89.3 Å². The van der Waals surface area contributed by atoms with Gasteiger partial charge in [0.25, 0.3) is 5.91 Å². The molecule has 3 aromatic carbocycles. The van der Waals surface area contributed by atoms with E-state index >= 15 is 0 Å². The van der Waals surface area contributed by atoms with E-state index in [-0.39, 0.29) is 15.5 Å². The van der Waals surface area contributed by atoms with Gasteiger partial charge in [-0.25, -0.2) is 8.42 Å². The van der Waals surface area contributed by atoms with Crippen molar-refractivity contribution < 1.29 is 13.2 Å². The van der Waals surface area contributed by atoms with Crippen molar-refractivity contribution in [2.75, 3.05) is 11.6 Å². The number of sulfone groups is 1. The number of carbonyl (C=O) groups is 1. The van der Waals surface area contributed by atoms with E-state index in [1.807, 2.05) is 24.3 Å². The summed E-state index contributed by atoms with van der Waals surface area (Å²) in [6.45, 7) is 0.407. The lowest BCUT2D eigenvalue weighted by molar-refractivity contribution is 0.102. The van der Waals surface area contributed by atoms with Crippen molar-refractivity contribution in [1.29, 1.82) is 0 Å². The Labute approximate surface area is 179 Å². The first kappa shape index (κ1) is 21.3. The van der Waals surface area contributed by atoms with Gasteiger partial charge in [-0.15, -0.1) is 0 Å². The fourth-order valence-electron chi connectivity index (χ4n) is 2.80. The minimum atomic E-state index is -3.41. The molecule has 0 saturated heterocycles. The summed E-state index contributed by atoms with van der Waals surface area (Å²) < 4.78 is 23.3.